The maximum atomic E-state index is 6.69. The van der Waals surface area contributed by atoms with E-state index in [9.17, 15) is 0 Å². The van der Waals surface area contributed by atoms with Gasteiger partial charge in [-0.25, -0.2) is 0 Å². The van der Waals surface area contributed by atoms with Crippen LogP contribution < -0.4 is 0 Å². The Morgan fingerprint density at radius 3 is 2.34 bits per heavy atom. The van der Waals surface area contributed by atoms with Gasteiger partial charge in [0.1, 0.15) is 0 Å². The Balaban J connectivity index is 1.86. The van der Waals surface area contributed by atoms with Crippen molar-refractivity contribution in [1.82, 2.24) is 0 Å². The number of allylic oxidation sites excluding steroid dienone is 1. The SMILES string of the molecule is C=C(C)CC1(C)c2ccccc2-c2ccc(C3(/C=N/C)CCC(C)(Cl)CC3)cc21. The lowest BCUT2D eigenvalue weighted by Gasteiger charge is -2.41. The molecule has 1 unspecified atom stereocenters. The molecule has 2 aliphatic carbocycles. The van der Waals surface area contributed by atoms with Gasteiger partial charge in [0, 0.05) is 29.0 Å². The number of rotatable bonds is 4. The van der Waals surface area contributed by atoms with Crippen molar-refractivity contribution in [3.8, 4) is 11.1 Å². The summed E-state index contributed by atoms with van der Waals surface area (Å²) in [5.41, 5.74) is 8.15. The Morgan fingerprint density at radius 2 is 1.69 bits per heavy atom. The van der Waals surface area contributed by atoms with E-state index in [2.05, 4.69) is 81.0 Å². The van der Waals surface area contributed by atoms with Crippen LogP contribution in [-0.4, -0.2) is 18.1 Å². The van der Waals surface area contributed by atoms with E-state index in [1.807, 2.05) is 7.05 Å². The molecule has 0 spiro atoms. The fourth-order valence-corrected chi connectivity index (χ4v) is 5.83. The molecule has 0 amide bonds. The summed E-state index contributed by atoms with van der Waals surface area (Å²) < 4.78 is 0. The summed E-state index contributed by atoms with van der Waals surface area (Å²) in [5, 5.41) is 0. The first-order valence-corrected chi connectivity index (χ1v) is 11.1. The predicted molar refractivity (Wildman–Crippen MR) is 127 cm³/mol. The summed E-state index contributed by atoms with van der Waals surface area (Å²) in [7, 11) is 1.89. The van der Waals surface area contributed by atoms with Gasteiger partial charge < -0.3 is 0 Å². The Labute approximate surface area is 180 Å². The van der Waals surface area contributed by atoms with E-state index in [1.54, 1.807) is 0 Å². The maximum Gasteiger partial charge on any atom is 0.0419 e. The average molecular weight is 406 g/mol. The fourth-order valence-electron chi connectivity index (χ4n) is 5.64. The van der Waals surface area contributed by atoms with Crippen LogP contribution in [0.15, 0.2) is 59.6 Å². The Bertz CT molecular complexity index is 974. The van der Waals surface area contributed by atoms with Gasteiger partial charge in [-0.1, -0.05) is 55.0 Å². The molecule has 0 radical (unpaired) electrons. The van der Waals surface area contributed by atoms with Gasteiger partial charge in [0.2, 0.25) is 0 Å². The summed E-state index contributed by atoms with van der Waals surface area (Å²) in [6, 6.07) is 16.0. The second-order valence-electron chi connectivity index (χ2n) is 9.73. The lowest BCUT2D eigenvalue weighted by molar-refractivity contribution is 0.329. The molecule has 1 fully saturated rings. The van der Waals surface area contributed by atoms with Crippen LogP contribution >= 0.6 is 11.6 Å². The normalized spacial score (nSPS) is 30.9. The Hall–Kier alpha value is -1.86. The molecule has 0 heterocycles. The van der Waals surface area contributed by atoms with E-state index in [0.717, 1.165) is 32.1 Å². The average Bonchev–Trinajstić information content (AvgIpc) is 2.92. The zero-order chi connectivity index (χ0) is 20.9. The van der Waals surface area contributed by atoms with Gasteiger partial charge in [0.05, 0.1) is 0 Å². The van der Waals surface area contributed by atoms with Crippen molar-refractivity contribution in [2.45, 2.75) is 68.6 Å². The number of hydrogen-bond donors (Lipinski definition) is 0. The Morgan fingerprint density at radius 1 is 1.03 bits per heavy atom. The highest BCUT2D eigenvalue weighted by Gasteiger charge is 2.43. The molecule has 0 bridgehead atoms. The van der Waals surface area contributed by atoms with E-state index in [-0.39, 0.29) is 15.7 Å². The monoisotopic (exact) mass is 405 g/mol. The number of halogens is 1. The van der Waals surface area contributed by atoms with Crippen LogP contribution in [-0.2, 0) is 10.8 Å². The van der Waals surface area contributed by atoms with Gasteiger partial charge in [-0.2, -0.15) is 0 Å². The van der Waals surface area contributed by atoms with Crippen LogP contribution in [0.1, 0.15) is 69.6 Å². The standard InChI is InChI=1S/C27H32ClN/c1-19(2)17-26(4)23-9-7-6-8-21(23)22-11-10-20(16-24(22)26)27(18-29-5)14-12-25(3,28)13-15-27/h6-11,16,18H,1,12-15,17H2,2-5H3/b29-18+. The number of fused-ring (bicyclic) bond motifs is 3. The molecule has 152 valence electrons. The van der Waals surface area contributed by atoms with Crippen LogP contribution in [0.5, 0.6) is 0 Å². The molecule has 1 atom stereocenters. The second kappa shape index (κ2) is 7.13. The summed E-state index contributed by atoms with van der Waals surface area (Å²) in [6.45, 7) is 10.9. The summed E-state index contributed by atoms with van der Waals surface area (Å²) in [4.78, 5) is 4.40. The molecule has 0 N–H and O–H groups in total. The zero-order valence-electron chi connectivity index (χ0n) is 18.2. The van der Waals surface area contributed by atoms with Crippen LogP contribution in [0.2, 0.25) is 0 Å². The van der Waals surface area contributed by atoms with E-state index >= 15 is 0 Å². The van der Waals surface area contributed by atoms with Gasteiger partial charge in [0.25, 0.3) is 0 Å². The van der Waals surface area contributed by atoms with Crippen molar-refractivity contribution in [2.75, 3.05) is 7.05 Å². The van der Waals surface area contributed by atoms with E-state index in [1.165, 1.54) is 33.4 Å². The molecule has 29 heavy (non-hydrogen) atoms. The summed E-state index contributed by atoms with van der Waals surface area (Å²) >= 11 is 6.69. The van der Waals surface area contributed by atoms with Gasteiger partial charge in [-0.15, -0.1) is 18.2 Å². The van der Waals surface area contributed by atoms with Crippen molar-refractivity contribution < 1.29 is 0 Å². The smallest absolute Gasteiger partial charge is 0.0419 e. The van der Waals surface area contributed by atoms with Gasteiger partial charge in [-0.3, -0.25) is 4.99 Å². The Kier molecular flexibility index (Phi) is 5.02. The minimum Gasteiger partial charge on any atom is -0.300 e. The molecule has 1 nitrogen and oxygen atoms in total. The molecular weight excluding hydrogens is 374 g/mol. The topological polar surface area (TPSA) is 12.4 Å². The molecule has 2 aromatic carbocycles. The van der Waals surface area contributed by atoms with E-state index < -0.39 is 0 Å². The van der Waals surface area contributed by atoms with Crippen LogP contribution in [0.4, 0.5) is 0 Å². The highest BCUT2D eigenvalue weighted by molar-refractivity contribution is 6.23. The van der Waals surface area contributed by atoms with Crippen LogP contribution in [0, 0.1) is 0 Å². The predicted octanol–water partition coefficient (Wildman–Crippen LogP) is 7.45. The first-order chi connectivity index (χ1) is 13.7. The lowest BCUT2D eigenvalue weighted by Crippen LogP contribution is -2.38. The largest absolute Gasteiger partial charge is 0.300 e. The first-order valence-electron chi connectivity index (χ1n) is 10.7. The molecule has 4 rings (SSSR count). The number of aliphatic imine (C=N–C) groups is 1. The maximum absolute atomic E-state index is 6.69. The summed E-state index contributed by atoms with van der Waals surface area (Å²) in [5.74, 6) is 0. The quantitative estimate of drug-likeness (QED) is 0.284. The molecule has 2 aromatic rings. The minimum absolute atomic E-state index is 0.0168. The third kappa shape index (κ3) is 3.38. The molecule has 0 saturated heterocycles. The number of alkyl halides is 1. The number of benzene rings is 2. The highest BCUT2D eigenvalue weighted by Crippen LogP contribution is 2.53. The minimum atomic E-state index is -0.0908. The molecule has 1 saturated carbocycles. The van der Waals surface area contributed by atoms with Crippen molar-refractivity contribution in [1.29, 1.82) is 0 Å². The molecular formula is C27H32ClN. The van der Waals surface area contributed by atoms with Gasteiger partial charge in [0.15, 0.2) is 0 Å². The molecule has 2 heteroatoms. The van der Waals surface area contributed by atoms with E-state index in [0.29, 0.717) is 0 Å². The summed E-state index contributed by atoms with van der Waals surface area (Å²) in [6.07, 6.45) is 7.27. The van der Waals surface area contributed by atoms with Crippen LogP contribution in [0.25, 0.3) is 11.1 Å². The fraction of sp³-hybridized carbons (Fsp3) is 0.444. The lowest BCUT2D eigenvalue weighted by atomic mass is 9.66. The third-order valence-electron chi connectivity index (χ3n) is 7.22. The van der Waals surface area contributed by atoms with E-state index in [4.69, 9.17) is 11.6 Å². The third-order valence-corrected chi connectivity index (χ3v) is 7.59. The van der Waals surface area contributed by atoms with Crippen molar-refractivity contribution in [3.63, 3.8) is 0 Å². The first kappa shape index (κ1) is 20.4. The molecule has 2 aliphatic rings. The number of hydrogen-bond acceptors (Lipinski definition) is 1. The molecule has 0 aromatic heterocycles. The second-order valence-corrected chi connectivity index (χ2v) is 10.6. The van der Waals surface area contributed by atoms with Crippen LogP contribution in [0.3, 0.4) is 0 Å². The van der Waals surface area contributed by atoms with Gasteiger partial charge in [-0.05, 0) is 73.8 Å². The van der Waals surface area contributed by atoms with Crippen molar-refractivity contribution in [3.05, 3.63) is 71.3 Å². The zero-order valence-corrected chi connectivity index (χ0v) is 18.9. The molecule has 0 aliphatic heterocycles. The van der Waals surface area contributed by atoms with Crippen molar-refractivity contribution >= 4 is 17.8 Å². The van der Waals surface area contributed by atoms with Gasteiger partial charge >= 0.3 is 0 Å². The van der Waals surface area contributed by atoms with Crippen molar-refractivity contribution in [2.24, 2.45) is 4.99 Å². The number of nitrogens with zero attached hydrogens (tertiary/aromatic N) is 1. The highest BCUT2D eigenvalue weighted by atomic mass is 35.5.